The van der Waals surface area contributed by atoms with Crippen molar-refractivity contribution in [3.05, 3.63) is 35.3 Å². The summed E-state index contributed by atoms with van der Waals surface area (Å²) in [4.78, 5) is 12.1. The first-order valence-electron chi connectivity index (χ1n) is 6.16. The molecule has 1 fully saturated rings. The van der Waals surface area contributed by atoms with Crippen LogP contribution in [-0.2, 0) is 9.53 Å². The quantitative estimate of drug-likeness (QED) is 0.775. The van der Waals surface area contributed by atoms with Gasteiger partial charge in [-0.15, -0.1) is 0 Å². The Morgan fingerprint density at radius 3 is 2.94 bits per heavy atom. The molecule has 4 heteroatoms. The Morgan fingerprint density at radius 2 is 2.28 bits per heavy atom. The molecule has 0 unspecified atom stereocenters. The topological polar surface area (TPSA) is 59.7 Å². The summed E-state index contributed by atoms with van der Waals surface area (Å²) >= 11 is 0. The fourth-order valence-corrected chi connectivity index (χ4v) is 3.23. The number of allylic oxidation sites excluding steroid dienone is 1. The molecule has 4 nitrogen and oxygen atoms in total. The van der Waals surface area contributed by atoms with Gasteiger partial charge in [-0.05, 0) is 32.8 Å². The van der Waals surface area contributed by atoms with Gasteiger partial charge in [-0.25, -0.2) is 4.79 Å². The van der Waals surface area contributed by atoms with Crippen LogP contribution in [-0.4, -0.2) is 17.2 Å². The van der Waals surface area contributed by atoms with Gasteiger partial charge in [0.2, 0.25) is 0 Å². The number of carbonyl (C=O) groups excluding carboxylic acids is 1. The molecule has 3 rings (SSSR count). The molecule has 1 aromatic rings. The van der Waals surface area contributed by atoms with Crippen LogP contribution in [0.3, 0.4) is 0 Å². The summed E-state index contributed by atoms with van der Waals surface area (Å²) in [5.74, 6) is -0.306. The maximum Gasteiger partial charge on any atom is 0.335 e. The number of fused-ring (bicyclic) bond motifs is 1. The second-order valence-electron chi connectivity index (χ2n) is 5.33. The monoisotopic (exact) mass is 248 g/mol. The lowest BCUT2D eigenvalue weighted by Gasteiger charge is -2.37. The van der Waals surface area contributed by atoms with E-state index >= 15 is 0 Å². The van der Waals surface area contributed by atoms with Gasteiger partial charge in [-0.1, -0.05) is 5.57 Å². The number of hydrogen-bond donors (Lipinski definition) is 1. The fourth-order valence-electron chi connectivity index (χ4n) is 3.23. The van der Waals surface area contributed by atoms with E-state index in [-0.39, 0.29) is 5.97 Å². The first-order valence-corrected chi connectivity index (χ1v) is 6.16. The average Bonchev–Trinajstić information content (AvgIpc) is 2.92. The van der Waals surface area contributed by atoms with Crippen molar-refractivity contribution in [1.29, 1.82) is 0 Å². The Morgan fingerprint density at radius 1 is 1.50 bits per heavy atom. The van der Waals surface area contributed by atoms with E-state index in [0.717, 1.165) is 17.6 Å². The molecule has 0 spiro atoms. The molecule has 1 aromatic heterocycles. The second-order valence-corrected chi connectivity index (χ2v) is 5.33. The summed E-state index contributed by atoms with van der Waals surface area (Å²) in [7, 11) is 0. The number of cyclic esters (lactones) is 1. The van der Waals surface area contributed by atoms with Gasteiger partial charge in [-0.3, -0.25) is 0 Å². The Bertz CT molecular complexity index is 514. The Kier molecular flexibility index (Phi) is 2.38. The number of ether oxygens (including phenoxy) is 1. The third-order valence-corrected chi connectivity index (χ3v) is 4.27. The molecular weight excluding hydrogens is 232 g/mol. The van der Waals surface area contributed by atoms with Gasteiger partial charge in [0.1, 0.15) is 6.10 Å². The lowest BCUT2D eigenvalue weighted by atomic mass is 9.66. The van der Waals surface area contributed by atoms with E-state index in [1.807, 2.05) is 13.8 Å². The minimum Gasteiger partial charge on any atom is -0.472 e. The molecule has 3 atom stereocenters. The van der Waals surface area contributed by atoms with E-state index in [2.05, 4.69) is 0 Å². The predicted octanol–water partition coefficient (Wildman–Crippen LogP) is 2.36. The summed E-state index contributed by atoms with van der Waals surface area (Å²) in [6.45, 7) is 3.84. The maximum absolute atomic E-state index is 12.1. The van der Waals surface area contributed by atoms with Crippen molar-refractivity contribution >= 4 is 5.97 Å². The molecule has 96 valence electrons. The molecule has 2 heterocycles. The molecule has 2 aliphatic rings. The average molecular weight is 248 g/mol. The largest absolute Gasteiger partial charge is 0.472 e. The van der Waals surface area contributed by atoms with Crippen LogP contribution >= 0.6 is 0 Å². The van der Waals surface area contributed by atoms with Crippen LogP contribution in [0.15, 0.2) is 34.2 Å². The summed E-state index contributed by atoms with van der Waals surface area (Å²) < 4.78 is 10.5. The Hall–Kier alpha value is -1.55. The molecule has 1 N–H and O–H groups in total. The summed E-state index contributed by atoms with van der Waals surface area (Å²) in [6.07, 6.45) is 3.52. The molecule has 0 radical (unpaired) electrons. The van der Waals surface area contributed by atoms with Gasteiger partial charge in [0.25, 0.3) is 0 Å². The molecule has 1 saturated heterocycles. The van der Waals surface area contributed by atoms with Crippen molar-refractivity contribution in [1.82, 2.24) is 0 Å². The maximum atomic E-state index is 12.1. The van der Waals surface area contributed by atoms with E-state index in [1.165, 1.54) is 0 Å². The van der Waals surface area contributed by atoms with E-state index in [1.54, 1.807) is 18.6 Å². The van der Waals surface area contributed by atoms with Gasteiger partial charge in [0, 0.05) is 11.1 Å². The number of hydrogen-bond acceptors (Lipinski definition) is 4. The third kappa shape index (κ3) is 1.32. The highest BCUT2D eigenvalue weighted by Gasteiger charge is 2.57. The zero-order valence-corrected chi connectivity index (χ0v) is 10.5. The van der Waals surface area contributed by atoms with Crippen molar-refractivity contribution < 1.29 is 19.1 Å². The van der Waals surface area contributed by atoms with Crippen LogP contribution < -0.4 is 0 Å². The van der Waals surface area contributed by atoms with Crippen LogP contribution in [0.1, 0.15) is 38.4 Å². The highest BCUT2D eigenvalue weighted by Crippen LogP contribution is 2.55. The fraction of sp³-hybridized carbons (Fsp3) is 0.500. The van der Waals surface area contributed by atoms with Gasteiger partial charge < -0.3 is 14.3 Å². The lowest BCUT2D eigenvalue weighted by Crippen LogP contribution is -2.39. The summed E-state index contributed by atoms with van der Waals surface area (Å²) in [5.41, 5.74) is 1.81. The number of rotatable bonds is 1. The van der Waals surface area contributed by atoms with Crippen molar-refractivity contribution in [2.75, 3.05) is 0 Å². The summed E-state index contributed by atoms with van der Waals surface area (Å²) in [5, 5.41) is 10.3. The number of furan rings is 1. The smallest absolute Gasteiger partial charge is 0.335 e. The first kappa shape index (κ1) is 11.5. The zero-order chi connectivity index (χ0) is 12.9. The van der Waals surface area contributed by atoms with E-state index in [0.29, 0.717) is 12.0 Å². The zero-order valence-electron chi connectivity index (χ0n) is 10.5. The molecule has 1 aliphatic carbocycles. The molecule has 18 heavy (non-hydrogen) atoms. The van der Waals surface area contributed by atoms with Crippen LogP contribution in [0.4, 0.5) is 0 Å². The molecule has 0 amide bonds. The SMILES string of the molecule is CC1=C2C(=O)O[C@@H](c3ccoc3)[C@]2(C)[C@@H](O)CC1. The van der Waals surface area contributed by atoms with Crippen molar-refractivity contribution in [2.24, 2.45) is 5.41 Å². The molecule has 0 aromatic carbocycles. The van der Waals surface area contributed by atoms with E-state index in [4.69, 9.17) is 9.15 Å². The number of aliphatic hydroxyl groups excluding tert-OH is 1. The van der Waals surface area contributed by atoms with Crippen molar-refractivity contribution in [3.63, 3.8) is 0 Å². The van der Waals surface area contributed by atoms with Crippen molar-refractivity contribution in [2.45, 2.75) is 38.9 Å². The van der Waals surface area contributed by atoms with Gasteiger partial charge in [-0.2, -0.15) is 0 Å². The molecule has 1 aliphatic heterocycles. The first-order chi connectivity index (χ1) is 8.55. The second kappa shape index (κ2) is 3.72. The van der Waals surface area contributed by atoms with Gasteiger partial charge in [0.15, 0.2) is 0 Å². The van der Waals surface area contributed by atoms with Crippen molar-refractivity contribution in [3.8, 4) is 0 Å². The minimum absolute atomic E-state index is 0.306. The number of esters is 1. The summed E-state index contributed by atoms with van der Waals surface area (Å²) in [6, 6.07) is 1.78. The van der Waals surface area contributed by atoms with Crippen LogP contribution in [0.25, 0.3) is 0 Å². The van der Waals surface area contributed by atoms with Crippen LogP contribution in [0.2, 0.25) is 0 Å². The third-order valence-electron chi connectivity index (χ3n) is 4.27. The Balaban J connectivity index is 2.15. The van der Waals surface area contributed by atoms with E-state index < -0.39 is 17.6 Å². The normalized spacial score (nSPS) is 35.6. The van der Waals surface area contributed by atoms with Gasteiger partial charge in [0.05, 0.1) is 24.0 Å². The van der Waals surface area contributed by atoms with Gasteiger partial charge >= 0.3 is 5.97 Å². The highest BCUT2D eigenvalue weighted by atomic mass is 16.6. The molecular formula is C14H16O4. The number of carbonyl (C=O) groups is 1. The highest BCUT2D eigenvalue weighted by molar-refractivity contribution is 5.94. The Labute approximate surface area is 105 Å². The van der Waals surface area contributed by atoms with Crippen LogP contribution in [0.5, 0.6) is 0 Å². The molecule has 0 saturated carbocycles. The predicted molar refractivity (Wildman–Crippen MR) is 63.6 cm³/mol. The molecule has 0 bridgehead atoms. The minimum atomic E-state index is -0.663. The van der Waals surface area contributed by atoms with E-state index in [9.17, 15) is 9.90 Å². The van der Waals surface area contributed by atoms with Crippen LogP contribution in [0, 0.1) is 5.41 Å². The lowest BCUT2D eigenvalue weighted by molar-refractivity contribution is -0.141. The standard InChI is InChI=1S/C14H16O4/c1-8-3-4-10(15)14(2)11(8)13(16)18-12(14)9-5-6-17-7-9/h5-7,10,12,15H,3-4H2,1-2H3/t10-,12-,14+/m0/s1. The number of aliphatic hydroxyl groups is 1.